The number of hydrogen-bond donors (Lipinski definition) is 0. The summed E-state index contributed by atoms with van der Waals surface area (Å²) in [5.41, 5.74) is 1.06. The second-order valence-corrected chi connectivity index (χ2v) is 10.2. The van der Waals surface area contributed by atoms with E-state index >= 15 is 4.39 Å². The van der Waals surface area contributed by atoms with Gasteiger partial charge in [0.05, 0.1) is 66.1 Å². The van der Waals surface area contributed by atoms with E-state index in [-0.39, 0.29) is 19.0 Å². The van der Waals surface area contributed by atoms with Crippen LogP contribution in [0.4, 0.5) is 4.39 Å². The van der Waals surface area contributed by atoms with Gasteiger partial charge >= 0.3 is 0 Å². The summed E-state index contributed by atoms with van der Waals surface area (Å²) in [6.45, 7) is 3.93. The van der Waals surface area contributed by atoms with Crippen molar-refractivity contribution in [1.29, 1.82) is 0 Å². The highest BCUT2D eigenvalue weighted by molar-refractivity contribution is 7.79. The molecule has 3 aromatic carbocycles. The van der Waals surface area contributed by atoms with Gasteiger partial charge in [-0.2, -0.15) is 0 Å². The summed E-state index contributed by atoms with van der Waals surface area (Å²) in [4.78, 5) is 0. The molecule has 35 heavy (non-hydrogen) atoms. The summed E-state index contributed by atoms with van der Waals surface area (Å²) >= 11 is 0. The lowest BCUT2D eigenvalue weighted by Crippen LogP contribution is -2.22. The Balaban J connectivity index is 1.64. The Bertz CT molecular complexity index is 942. The first-order valence-corrected chi connectivity index (χ1v) is 13.3. The molecule has 4 rings (SSSR count). The van der Waals surface area contributed by atoms with Crippen LogP contribution in [0.5, 0.6) is 0 Å². The molecule has 2 bridgehead atoms. The van der Waals surface area contributed by atoms with E-state index in [1.807, 2.05) is 48.5 Å². The molecule has 0 radical (unpaired) electrons. The van der Waals surface area contributed by atoms with Gasteiger partial charge in [-0.05, 0) is 36.0 Å². The lowest BCUT2D eigenvalue weighted by molar-refractivity contribution is -0.0150. The molecule has 1 heterocycles. The summed E-state index contributed by atoms with van der Waals surface area (Å²) < 4.78 is 43.6. The zero-order valence-corrected chi connectivity index (χ0v) is 20.8. The van der Waals surface area contributed by atoms with E-state index in [1.54, 1.807) is 0 Å². The van der Waals surface area contributed by atoms with Gasteiger partial charge in [0.25, 0.3) is 0 Å². The van der Waals surface area contributed by atoms with Crippen molar-refractivity contribution >= 4 is 23.8 Å². The average molecular weight is 499 g/mol. The second kappa shape index (κ2) is 14.4. The van der Waals surface area contributed by atoms with E-state index in [2.05, 4.69) is 24.3 Å². The lowest BCUT2D eigenvalue weighted by atomic mass is 10.1. The lowest BCUT2D eigenvalue weighted by Gasteiger charge is -2.22. The van der Waals surface area contributed by atoms with Crippen molar-refractivity contribution < 1.29 is 28.1 Å². The third-order valence-corrected chi connectivity index (χ3v) is 7.90. The van der Waals surface area contributed by atoms with E-state index < -0.39 is 7.92 Å². The van der Waals surface area contributed by atoms with E-state index in [1.165, 1.54) is 10.6 Å². The number of hydrogen-bond acceptors (Lipinski definition) is 5. The standard InChI is InChI=1S/C28H32FO5P/c29-28-23-19-27(35(25-7-3-1-4-8-25)26-9-5-2-6-10-26)20-24(28)22-34-18-16-32-14-12-30-11-13-31-15-17-33-21-23/h1-10,19-20H,11-18,21-22H2. The Morgan fingerprint density at radius 1 is 0.486 bits per heavy atom. The van der Waals surface area contributed by atoms with Gasteiger partial charge in [0, 0.05) is 11.1 Å². The SMILES string of the molecule is Fc1c2cc(P(c3ccccc3)c3ccccc3)cc1COCCOCCOCCOCCOC2. The zero-order valence-electron chi connectivity index (χ0n) is 19.9. The second-order valence-electron chi connectivity index (χ2n) is 8.03. The van der Waals surface area contributed by atoms with Crippen LogP contribution in [0, 0.1) is 5.82 Å². The van der Waals surface area contributed by atoms with E-state index in [4.69, 9.17) is 23.7 Å². The quantitative estimate of drug-likeness (QED) is 0.516. The fourth-order valence-corrected chi connectivity index (χ4v) is 6.22. The third-order valence-electron chi connectivity index (χ3n) is 5.50. The Morgan fingerprint density at radius 3 is 1.26 bits per heavy atom. The number of halogens is 1. The molecule has 0 saturated heterocycles. The third kappa shape index (κ3) is 7.91. The molecule has 0 atom stereocenters. The zero-order chi connectivity index (χ0) is 24.1. The van der Waals surface area contributed by atoms with Crippen LogP contribution in [0.1, 0.15) is 11.1 Å². The summed E-state index contributed by atoms with van der Waals surface area (Å²) in [6, 6.07) is 24.6. The fraction of sp³-hybridized carbons (Fsp3) is 0.357. The van der Waals surface area contributed by atoms with Crippen LogP contribution >= 0.6 is 7.92 Å². The molecule has 1 aliphatic rings. The minimum atomic E-state index is -0.875. The molecule has 186 valence electrons. The molecular formula is C28H32FO5P. The highest BCUT2D eigenvalue weighted by Crippen LogP contribution is 2.34. The van der Waals surface area contributed by atoms with Gasteiger partial charge < -0.3 is 23.7 Å². The molecule has 5 nitrogen and oxygen atoms in total. The van der Waals surface area contributed by atoms with Crippen molar-refractivity contribution in [3.63, 3.8) is 0 Å². The summed E-state index contributed by atoms with van der Waals surface area (Å²) in [7, 11) is -0.875. The Morgan fingerprint density at radius 2 is 0.857 bits per heavy atom. The van der Waals surface area contributed by atoms with Gasteiger partial charge in [-0.3, -0.25) is 0 Å². The first-order valence-electron chi connectivity index (χ1n) is 11.9. The molecule has 3 aromatic rings. The molecule has 0 aliphatic carbocycles. The largest absolute Gasteiger partial charge is 0.377 e. The van der Waals surface area contributed by atoms with Crippen LogP contribution in [0.25, 0.3) is 0 Å². The highest BCUT2D eigenvalue weighted by Gasteiger charge is 2.20. The van der Waals surface area contributed by atoms with Crippen molar-refractivity contribution in [2.75, 3.05) is 52.9 Å². The summed E-state index contributed by atoms with van der Waals surface area (Å²) in [6.07, 6.45) is 0. The predicted octanol–water partition coefficient (Wildman–Crippen LogP) is 3.68. The maximum Gasteiger partial charge on any atom is 0.134 e. The highest BCUT2D eigenvalue weighted by atomic mass is 31.1. The van der Waals surface area contributed by atoms with E-state index in [9.17, 15) is 0 Å². The molecule has 1 aliphatic heterocycles. The minimum absolute atomic E-state index is 0.169. The van der Waals surface area contributed by atoms with Crippen LogP contribution < -0.4 is 15.9 Å². The number of benzene rings is 3. The number of ether oxygens (including phenoxy) is 5. The van der Waals surface area contributed by atoms with Crippen LogP contribution in [0.3, 0.4) is 0 Å². The van der Waals surface area contributed by atoms with Crippen LogP contribution in [0.15, 0.2) is 72.8 Å². The number of fused-ring (bicyclic) bond motifs is 2. The Kier molecular flexibility index (Phi) is 10.7. The molecule has 7 heteroatoms. The average Bonchev–Trinajstić information content (AvgIpc) is 2.89. The van der Waals surface area contributed by atoms with Gasteiger partial charge in [-0.15, -0.1) is 0 Å². The molecule has 0 amide bonds. The number of rotatable bonds is 3. The van der Waals surface area contributed by atoms with E-state index in [0.29, 0.717) is 64.0 Å². The van der Waals surface area contributed by atoms with Gasteiger partial charge in [-0.25, -0.2) is 4.39 Å². The normalized spacial score (nSPS) is 17.0. The predicted molar refractivity (Wildman–Crippen MR) is 137 cm³/mol. The van der Waals surface area contributed by atoms with Gasteiger partial charge in [0.2, 0.25) is 0 Å². The van der Waals surface area contributed by atoms with Crippen LogP contribution in [0.2, 0.25) is 0 Å². The van der Waals surface area contributed by atoms with Gasteiger partial charge in [0.15, 0.2) is 0 Å². The summed E-state index contributed by atoms with van der Waals surface area (Å²) in [5.74, 6) is -0.277. The fourth-order valence-electron chi connectivity index (χ4n) is 3.81. The summed E-state index contributed by atoms with van der Waals surface area (Å²) in [5, 5.41) is 3.48. The molecule has 0 N–H and O–H groups in total. The van der Waals surface area contributed by atoms with Crippen LogP contribution in [-0.2, 0) is 36.9 Å². The van der Waals surface area contributed by atoms with Crippen molar-refractivity contribution in [2.24, 2.45) is 0 Å². The first-order chi connectivity index (χ1) is 17.3. The van der Waals surface area contributed by atoms with E-state index in [0.717, 1.165) is 5.30 Å². The maximum absolute atomic E-state index is 15.5. The van der Waals surface area contributed by atoms with Gasteiger partial charge in [0.1, 0.15) is 5.82 Å². The minimum Gasteiger partial charge on any atom is -0.377 e. The van der Waals surface area contributed by atoms with Crippen molar-refractivity contribution in [1.82, 2.24) is 0 Å². The maximum atomic E-state index is 15.5. The molecule has 0 unspecified atom stereocenters. The first kappa shape index (κ1) is 25.9. The Hall–Kier alpha value is -2.18. The molecular weight excluding hydrogens is 466 g/mol. The van der Waals surface area contributed by atoms with Gasteiger partial charge in [-0.1, -0.05) is 60.7 Å². The topological polar surface area (TPSA) is 46.2 Å². The van der Waals surface area contributed by atoms with Crippen molar-refractivity contribution in [3.8, 4) is 0 Å². The molecule has 0 spiro atoms. The van der Waals surface area contributed by atoms with Crippen molar-refractivity contribution in [2.45, 2.75) is 13.2 Å². The molecule has 0 aromatic heterocycles. The molecule has 0 saturated carbocycles. The molecule has 0 fully saturated rings. The smallest absolute Gasteiger partial charge is 0.134 e. The van der Waals surface area contributed by atoms with Crippen LogP contribution in [-0.4, -0.2) is 52.9 Å². The van der Waals surface area contributed by atoms with Crippen molar-refractivity contribution in [3.05, 3.63) is 89.7 Å². The monoisotopic (exact) mass is 498 g/mol. The Labute approximate surface area is 207 Å².